The molecule has 2 heterocycles. The number of ketones is 1. The first-order chi connectivity index (χ1) is 9.06. The molecule has 0 radical (unpaired) electrons. The molecule has 0 saturated heterocycles. The molecule has 0 atom stereocenters. The molecule has 0 N–H and O–H groups in total. The SMILES string of the molecule is CCOC(=O)c1cc(C(C)=O)c(=O)n2ccccc12. The van der Waals surface area contributed by atoms with Crippen molar-refractivity contribution < 1.29 is 14.3 Å². The first-order valence-corrected chi connectivity index (χ1v) is 5.88. The quantitative estimate of drug-likeness (QED) is 0.621. The molecule has 98 valence electrons. The number of nitrogens with zero attached hydrogens (tertiary/aromatic N) is 1. The van der Waals surface area contributed by atoms with Crippen molar-refractivity contribution in [2.75, 3.05) is 6.61 Å². The van der Waals surface area contributed by atoms with Crippen LogP contribution in [0.4, 0.5) is 0 Å². The van der Waals surface area contributed by atoms with Crippen LogP contribution in [-0.4, -0.2) is 22.8 Å². The fourth-order valence-electron chi connectivity index (χ4n) is 1.87. The Morgan fingerprint density at radius 3 is 2.63 bits per heavy atom. The van der Waals surface area contributed by atoms with Gasteiger partial charge in [0.2, 0.25) is 0 Å². The number of carbonyl (C=O) groups is 2. The number of fused-ring (bicyclic) bond motifs is 1. The second-order valence-electron chi connectivity index (χ2n) is 4.01. The van der Waals surface area contributed by atoms with Gasteiger partial charge < -0.3 is 4.74 Å². The van der Waals surface area contributed by atoms with E-state index in [1.165, 1.54) is 23.6 Å². The predicted octanol–water partition coefficient (Wildman–Crippen LogP) is 1.68. The minimum Gasteiger partial charge on any atom is -0.462 e. The number of hydrogen-bond donors (Lipinski definition) is 0. The number of rotatable bonds is 3. The van der Waals surface area contributed by atoms with Crippen LogP contribution >= 0.6 is 0 Å². The Morgan fingerprint density at radius 2 is 2.00 bits per heavy atom. The molecule has 0 aliphatic carbocycles. The summed E-state index contributed by atoms with van der Waals surface area (Å²) in [6.07, 6.45) is 1.52. The number of aromatic nitrogens is 1. The molecule has 2 aromatic rings. The van der Waals surface area contributed by atoms with Crippen molar-refractivity contribution in [1.82, 2.24) is 4.40 Å². The Morgan fingerprint density at radius 1 is 1.26 bits per heavy atom. The van der Waals surface area contributed by atoms with Gasteiger partial charge in [-0.05, 0) is 32.0 Å². The molecule has 19 heavy (non-hydrogen) atoms. The largest absolute Gasteiger partial charge is 0.462 e. The Balaban J connectivity index is 2.82. The Hall–Kier alpha value is -2.43. The first-order valence-electron chi connectivity index (χ1n) is 5.88. The Labute approximate surface area is 109 Å². The number of hydrogen-bond acceptors (Lipinski definition) is 4. The third-order valence-corrected chi connectivity index (χ3v) is 2.75. The van der Waals surface area contributed by atoms with Crippen molar-refractivity contribution in [3.05, 3.63) is 51.9 Å². The fraction of sp³-hybridized carbons (Fsp3) is 0.214. The van der Waals surface area contributed by atoms with Crippen LogP contribution < -0.4 is 5.56 Å². The topological polar surface area (TPSA) is 64.9 Å². The highest BCUT2D eigenvalue weighted by molar-refractivity contribution is 6.01. The maximum Gasteiger partial charge on any atom is 0.340 e. The second kappa shape index (κ2) is 5.06. The number of ether oxygens (including phenoxy) is 1. The number of carbonyl (C=O) groups excluding carboxylic acids is 2. The molecule has 0 saturated carbocycles. The summed E-state index contributed by atoms with van der Waals surface area (Å²) in [7, 11) is 0. The van der Waals surface area contributed by atoms with E-state index in [-0.39, 0.29) is 23.5 Å². The highest BCUT2D eigenvalue weighted by Gasteiger charge is 2.17. The summed E-state index contributed by atoms with van der Waals surface area (Å²) in [6.45, 7) is 3.22. The number of pyridine rings is 2. The van der Waals surface area contributed by atoms with Crippen molar-refractivity contribution in [3.8, 4) is 0 Å². The van der Waals surface area contributed by atoms with Gasteiger partial charge in [0.15, 0.2) is 5.78 Å². The van der Waals surface area contributed by atoms with E-state index in [2.05, 4.69) is 0 Å². The molecule has 2 aromatic heterocycles. The molecule has 0 bridgehead atoms. The normalized spacial score (nSPS) is 10.4. The summed E-state index contributed by atoms with van der Waals surface area (Å²) in [6, 6.07) is 6.31. The molecule has 0 unspecified atom stereocenters. The van der Waals surface area contributed by atoms with Crippen molar-refractivity contribution in [2.45, 2.75) is 13.8 Å². The minimum atomic E-state index is -0.547. The third-order valence-electron chi connectivity index (χ3n) is 2.75. The van der Waals surface area contributed by atoms with Crippen LogP contribution in [0.25, 0.3) is 5.52 Å². The first kappa shape index (κ1) is 13.0. The Bertz CT molecular complexity index is 715. The zero-order valence-electron chi connectivity index (χ0n) is 10.7. The summed E-state index contributed by atoms with van der Waals surface area (Å²) >= 11 is 0. The minimum absolute atomic E-state index is 0.0215. The van der Waals surface area contributed by atoms with Crippen molar-refractivity contribution in [2.24, 2.45) is 0 Å². The summed E-state index contributed by atoms with van der Waals surface area (Å²) in [5.74, 6) is -0.928. The van der Waals surface area contributed by atoms with E-state index in [4.69, 9.17) is 4.74 Å². The molecule has 2 rings (SSSR count). The Kier molecular flexibility index (Phi) is 3.46. The lowest BCUT2D eigenvalue weighted by molar-refractivity contribution is 0.0528. The molecular weight excluding hydrogens is 246 g/mol. The maximum atomic E-state index is 12.1. The lowest BCUT2D eigenvalue weighted by Gasteiger charge is -2.08. The molecule has 0 aromatic carbocycles. The maximum absolute atomic E-state index is 12.1. The van der Waals surface area contributed by atoms with Crippen LogP contribution in [0.2, 0.25) is 0 Å². The predicted molar refractivity (Wildman–Crippen MR) is 69.6 cm³/mol. The summed E-state index contributed by atoms with van der Waals surface area (Å²) in [5, 5.41) is 0. The van der Waals surface area contributed by atoms with E-state index < -0.39 is 11.5 Å². The van der Waals surface area contributed by atoms with Crippen LogP contribution in [0.15, 0.2) is 35.3 Å². The van der Waals surface area contributed by atoms with E-state index in [1.807, 2.05) is 0 Å². The lowest BCUT2D eigenvalue weighted by Crippen LogP contribution is -2.23. The van der Waals surface area contributed by atoms with E-state index in [1.54, 1.807) is 25.1 Å². The molecule has 0 amide bonds. The molecule has 0 aliphatic heterocycles. The monoisotopic (exact) mass is 259 g/mol. The van der Waals surface area contributed by atoms with Gasteiger partial charge in [0.1, 0.15) is 0 Å². The molecule has 5 nitrogen and oxygen atoms in total. The fourth-order valence-corrected chi connectivity index (χ4v) is 1.87. The number of Topliss-reactive ketones (excluding diaryl/α,β-unsaturated/α-hetero) is 1. The van der Waals surface area contributed by atoms with E-state index in [9.17, 15) is 14.4 Å². The zero-order valence-corrected chi connectivity index (χ0v) is 10.7. The van der Waals surface area contributed by atoms with Crippen LogP contribution in [0.5, 0.6) is 0 Å². The smallest absolute Gasteiger partial charge is 0.340 e. The van der Waals surface area contributed by atoms with Crippen LogP contribution in [-0.2, 0) is 4.74 Å². The average Bonchev–Trinajstić information content (AvgIpc) is 2.39. The van der Waals surface area contributed by atoms with Gasteiger partial charge >= 0.3 is 5.97 Å². The summed E-state index contributed by atoms with van der Waals surface area (Å²) < 4.78 is 6.23. The van der Waals surface area contributed by atoms with Gasteiger partial charge in [0, 0.05) is 6.20 Å². The average molecular weight is 259 g/mol. The molecule has 5 heteroatoms. The van der Waals surface area contributed by atoms with Crippen molar-refractivity contribution >= 4 is 17.3 Å². The van der Waals surface area contributed by atoms with E-state index in [0.29, 0.717) is 5.52 Å². The second-order valence-corrected chi connectivity index (χ2v) is 4.01. The summed E-state index contributed by atoms with van der Waals surface area (Å²) in [5.41, 5.74) is 0.186. The van der Waals surface area contributed by atoms with Crippen LogP contribution in [0.3, 0.4) is 0 Å². The molecule has 0 aliphatic rings. The molecule has 0 spiro atoms. The van der Waals surface area contributed by atoms with Gasteiger partial charge in [-0.15, -0.1) is 0 Å². The van der Waals surface area contributed by atoms with E-state index in [0.717, 1.165) is 0 Å². The summed E-state index contributed by atoms with van der Waals surface area (Å²) in [4.78, 5) is 35.5. The zero-order chi connectivity index (χ0) is 14.0. The van der Waals surface area contributed by atoms with E-state index >= 15 is 0 Å². The van der Waals surface area contributed by atoms with Gasteiger partial charge in [0.05, 0.1) is 23.3 Å². The van der Waals surface area contributed by atoms with Gasteiger partial charge in [-0.25, -0.2) is 4.79 Å². The highest BCUT2D eigenvalue weighted by Crippen LogP contribution is 2.12. The van der Waals surface area contributed by atoms with Crippen molar-refractivity contribution in [3.63, 3.8) is 0 Å². The van der Waals surface area contributed by atoms with Gasteiger partial charge in [-0.3, -0.25) is 14.0 Å². The van der Waals surface area contributed by atoms with Gasteiger partial charge in [0.25, 0.3) is 5.56 Å². The molecular formula is C14H13NO4. The highest BCUT2D eigenvalue weighted by atomic mass is 16.5. The van der Waals surface area contributed by atoms with Crippen LogP contribution in [0.1, 0.15) is 34.6 Å². The van der Waals surface area contributed by atoms with Gasteiger partial charge in [-0.1, -0.05) is 6.07 Å². The van der Waals surface area contributed by atoms with Gasteiger partial charge in [-0.2, -0.15) is 0 Å². The molecule has 0 fully saturated rings. The standard InChI is InChI=1S/C14H13NO4/c1-3-19-14(18)11-8-10(9(2)16)13(17)15-7-5-4-6-12(11)15/h4-8H,3H2,1-2H3. The lowest BCUT2D eigenvalue weighted by atomic mass is 10.1. The van der Waals surface area contributed by atoms with Crippen LogP contribution in [0, 0.1) is 0 Å². The number of esters is 1. The van der Waals surface area contributed by atoms with Crippen molar-refractivity contribution in [1.29, 1.82) is 0 Å². The third kappa shape index (κ3) is 2.27.